The van der Waals surface area contributed by atoms with Gasteiger partial charge in [-0.2, -0.15) is 0 Å². The second kappa shape index (κ2) is 11.0. The van der Waals surface area contributed by atoms with Crippen molar-refractivity contribution >= 4 is 17.3 Å². The van der Waals surface area contributed by atoms with E-state index >= 15 is 0 Å². The van der Waals surface area contributed by atoms with Crippen LogP contribution in [0.1, 0.15) is 47.3 Å². The average molecular weight is 528 g/mol. The number of aryl methyl sites for hydroxylation is 2. The molecule has 1 amide bonds. The minimum atomic E-state index is -4.69. The number of anilines is 2. The van der Waals surface area contributed by atoms with E-state index in [9.17, 15) is 18.0 Å². The Morgan fingerprint density at radius 3 is 2.11 bits per heavy atom. The van der Waals surface area contributed by atoms with Crippen molar-refractivity contribution in [2.24, 2.45) is 0 Å². The molecular formula is C28H32F3N5O2. The predicted molar refractivity (Wildman–Crippen MR) is 140 cm³/mol. The number of hydrogen-bond donors (Lipinski definition) is 1. The lowest BCUT2D eigenvalue weighted by Crippen LogP contribution is -2.46. The van der Waals surface area contributed by atoms with E-state index in [2.05, 4.69) is 36.6 Å². The highest BCUT2D eigenvalue weighted by atomic mass is 19.4. The van der Waals surface area contributed by atoms with Crippen LogP contribution in [0, 0.1) is 0 Å². The molecule has 2 aliphatic rings. The number of nitrogens with zero attached hydrogens (tertiary/aromatic N) is 4. The molecule has 10 heteroatoms. The summed E-state index contributed by atoms with van der Waals surface area (Å²) in [5.74, 6) is 0.738. The number of piperazine rings is 1. The third-order valence-electron chi connectivity index (χ3n) is 7.17. The van der Waals surface area contributed by atoms with Gasteiger partial charge in [0.2, 0.25) is 0 Å². The van der Waals surface area contributed by atoms with Gasteiger partial charge in [-0.25, -0.2) is 4.98 Å². The smallest absolute Gasteiger partial charge is 0.406 e. The van der Waals surface area contributed by atoms with Crippen molar-refractivity contribution in [1.82, 2.24) is 14.9 Å². The van der Waals surface area contributed by atoms with Crippen LogP contribution in [0.2, 0.25) is 0 Å². The first-order valence-electron chi connectivity index (χ1n) is 13.1. The Morgan fingerprint density at radius 2 is 1.53 bits per heavy atom. The number of ether oxygens (including phenoxy) is 1. The summed E-state index contributed by atoms with van der Waals surface area (Å²) in [7, 11) is 0. The highest BCUT2D eigenvalue weighted by molar-refractivity contribution is 5.94. The van der Waals surface area contributed by atoms with Crippen molar-refractivity contribution in [3.8, 4) is 5.75 Å². The van der Waals surface area contributed by atoms with Crippen LogP contribution >= 0.6 is 0 Å². The minimum Gasteiger partial charge on any atom is -0.406 e. The van der Waals surface area contributed by atoms with Gasteiger partial charge in [0.05, 0.1) is 5.69 Å². The molecule has 2 aliphatic heterocycles. The average Bonchev–Trinajstić information content (AvgIpc) is 3.31. The molecule has 1 aromatic heterocycles. The van der Waals surface area contributed by atoms with E-state index in [0.29, 0.717) is 12.2 Å². The summed E-state index contributed by atoms with van der Waals surface area (Å²) in [6, 6.07) is 14.2. The third kappa shape index (κ3) is 5.89. The highest BCUT2D eigenvalue weighted by Crippen LogP contribution is 2.27. The first-order chi connectivity index (χ1) is 18.3. The number of rotatable bonds is 7. The van der Waals surface area contributed by atoms with E-state index in [0.717, 1.165) is 86.9 Å². The molecule has 2 aromatic carbocycles. The number of benzene rings is 2. The predicted octanol–water partition coefficient (Wildman–Crippen LogP) is 4.94. The van der Waals surface area contributed by atoms with Gasteiger partial charge in [0.15, 0.2) is 0 Å². The lowest BCUT2D eigenvalue weighted by Gasteiger charge is -2.37. The number of aromatic nitrogens is 2. The highest BCUT2D eigenvalue weighted by Gasteiger charge is 2.31. The molecule has 3 aromatic rings. The molecule has 0 bridgehead atoms. The van der Waals surface area contributed by atoms with Gasteiger partial charge in [-0.1, -0.05) is 19.1 Å². The standard InChI is InChI=1S/C28H32F3N5O2/c1-2-24-26(36-14-4-3-5-25(36)33-24)27(37)32-19-20-6-8-21(9-7-20)34-15-17-35(18-16-34)22-10-12-23(13-11-22)38-28(29,30)31/h6-13H,2-5,14-19H2,1H3,(H,32,37). The van der Waals surface area contributed by atoms with Crippen molar-refractivity contribution in [2.75, 3.05) is 36.0 Å². The summed E-state index contributed by atoms with van der Waals surface area (Å²) in [5, 5.41) is 3.07. The van der Waals surface area contributed by atoms with E-state index < -0.39 is 6.36 Å². The maximum Gasteiger partial charge on any atom is 0.573 e. The summed E-state index contributed by atoms with van der Waals surface area (Å²) < 4.78 is 43.2. The zero-order valence-corrected chi connectivity index (χ0v) is 21.4. The second-order valence-electron chi connectivity index (χ2n) is 9.65. The number of amides is 1. The molecule has 1 saturated heterocycles. The molecule has 38 heavy (non-hydrogen) atoms. The van der Waals surface area contributed by atoms with Gasteiger partial charge in [-0.05, 0) is 61.2 Å². The number of halogens is 3. The first-order valence-corrected chi connectivity index (χ1v) is 13.1. The van der Waals surface area contributed by atoms with Crippen LogP contribution in [0.25, 0.3) is 0 Å². The molecule has 7 nitrogen and oxygen atoms in total. The Balaban J connectivity index is 1.13. The van der Waals surface area contributed by atoms with Crippen LogP contribution < -0.4 is 19.9 Å². The van der Waals surface area contributed by atoms with Crippen molar-refractivity contribution < 1.29 is 22.7 Å². The normalized spacial score (nSPS) is 15.8. The fourth-order valence-corrected chi connectivity index (χ4v) is 5.21. The quantitative estimate of drug-likeness (QED) is 0.472. The van der Waals surface area contributed by atoms with Gasteiger partial charge in [0.25, 0.3) is 5.91 Å². The monoisotopic (exact) mass is 527 g/mol. The van der Waals surface area contributed by atoms with Crippen LogP contribution in [-0.2, 0) is 25.9 Å². The molecule has 0 atom stereocenters. The number of imidazole rings is 1. The summed E-state index contributed by atoms with van der Waals surface area (Å²) in [5.41, 5.74) is 4.58. The Bertz CT molecular complexity index is 1250. The van der Waals surface area contributed by atoms with Crippen molar-refractivity contribution in [1.29, 1.82) is 0 Å². The maximum atomic E-state index is 13.0. The van der Waals surface area contributed by atoms with Crippen LogP contribution in [0.3, 0.4) is 0 Å². The number of fused-ring (bicyclic) bond motifs is 1. The Labute approximate surface area is 220 Å². The fraction of sp³-hybridized carbons (Fsp3) is 0.429. The van der Waals surface area contributed by atoms with Gasteiger partial charge >= 0.3 is 6.36 Å². The molecular weight excluding hydrogens is 495 g/mol. The van der Waals surface area contributed by atoms with E-state index in [4.69, 9.17) is 4.98 Å². The molecule has 0 radical (unpaired) electrons. The van der Waals surface area contributed by atoms with Crippen LogP contribution in [0.5, 0.6) is 5.75 Å². The first kappa shape index (κ1) is 25.9. The lowest BCUT2D eigenvalue weighted by molar-refractivity contribution is -0.274. The van der Waals surface area contributed by atoms with Gasteiger partial charge in [0.1, 0.15) is 17.3 Å². The molecule has 3 heterocycles. The zero-order chi connectivity index (χ0) is 26.7. The molecule has 1 fully saturated rings. The van der Waals surface area contributed by atoms with E-state index in [1.54, 1.807) is 12.1 Å². The van der Waals surface area contributed by atoms with Crippen LogP contribution in [0.4, 0.5) is 24.5 Å². The van der Waals surface area contributed by atoms with Crippen molar-refractivity contribution in [3.63, 3.8) is 0 Å². The van der Waals surface area contributed by atoms with E-state index in [1.165, 1.54) is 12.1 Å². The number of carbonyl (C=O) groups excluding carboxylic acids is 1. The van der Waals surface area contributed by atoms with Crippen molar-refractivity contribution in [3.05, 3.63) is 71.3 Å². The van der Waals surface area contributed by atoms with Gasteiger partial charge in [-0.3, -0.25) is 4.79 Å². The molecule has 0 unspecified atom stereocenters. The Hall–Kier alpha value is -3.69. The van der Waals surface area contributed by atoms with Gasteiger partial charge < -0.3 is 24.4 Å². The number of hydrogen-bond acceptors (Lipinski definition) is 5. The molecule has 1 N–H and O–H groups in total. The van der Waals surface area contributed by atoms with E-state index in [1.807, 2.05) is 19.1 Å². The Morgan fingerprint density at radius 1 is 0.921 bits per heavy atom. The summed E-state index contributed by atoms with van der Waals surface area (Å²) in [6.07, 6.45) is -0.823. The topological polar surface area (TPSA) is 62.6 Å². The second-order valence-corrected chi connectivity index (χ2v) is 9.65. The van der Waals surface area contributed by atoms with Crippen molar-refractivity contribution in [2.45, 2.75) is 52.1 Å². The van der Waals surface area contributed by atoms with Gasteiger partial charge in [0, 0.05) is 57.1 Å². The minimum absolute atomic E-state index is 0.0688. The number of alkyl halides is 3. The molecule has 5 rings (SSSR count). The maximum absolute atomic E-state index is 13.0. The largest absolute Gasteiger partial charge is 0.573 e. The SMILES string of the molecule is CCc1nc2n(c1C(=O)NCc1ccc(N3CCN(c4ccc(OC(F)(F)F)cc4)CC3)cc1)CCCC2. The number of nitrogens with one attached hydrogen (secondary N) is 1. The van der Waals surface area contributed by atoms with Gasteiger partial charge in [-0.15, -0.1) is 13.2 Å². The molecule has 0 spiro atoms. The van der Waals surface area contributed by atoms with Crippen LogP contribution in [-0.4, -0.2) is 48.0 Å². The Kier molecular flexibility index (Phi) is 7.49. The fourth-order valence-electron chi connectivity index (χ4n) is 5.21. The molecule has 0 aliphatic carbocycles. The third-order valence-corrected chi connectivity index (χ3v) is 7.17. The van der Waals surface area contributed by atoms with E-state index in [-0.39, 0.29) is 11.7 Å². The van der Waals surface area contributed by atoms with Crippen LogP contribution in [0.15, 0.2) is 48.5 Å². The molecule has 202 valence electrons. The molecule has 0 saturated carbocycles. The number of carbonyl (C=O) groups is 1. The lowest BCUT2D eigenvalue weighted by atomic mass is 10.1. The summed E-state index contributed by atoms with van der Waals surface area (Å²) in [6.45, 7) is 6.44. The summed E-state index contributed by atoms with van der Waals surface area (Å²) >= 11 is 0. The zero-order valence-electron chi connectivity index (χ0n) is 21.4. The summed E-state index contributed by atoms with van der Waals surface area (Å²) in [4.78, 5) is 22.2.